The molecular weight excluding hydrogens is 316 g/mol. The molecular formula is C18H21F2NO3. The van der Waals surface area contributed by atoms with Gasteiger partial charge in [-0.1, -0.05) is 12.1 Å². The molecule has 0 aliphatic heterocycles. The van der Waals surface area contributed by atoms with Crippen molar-refractivity contribution in [3.63, 3.8) is 0 Å². The molecule has 2 saturated carbocycles. The monoisotopic (exact) mass is 337 g/mol. The summed E-state index contributed by atoms with van der Waals surface area (Å²) in [5.41, 5.74) is 1.69. The Hall–Kier alpha value is -1.98. The molecule has 1 aromatic rings. The van der Waals surface area contributed by atoms with Gasteiger partial charge in [0.05, 0.1) is 13.0 Å². The van der Waals surface area contributed by atoms with Gasteiger partial charge in [-0.25, -0.2) is 8.78 Å². The third kappa shape index (κ3) is 3.74. The molecule has 0 saturated heterocycles. The topological polar surface area (TPSA) is 55.4 Å². The molecule has 0 aromatic heterocycles. The number of esters is 1. The van der Waals surface area contributed by atoms with Crippen molar-refractivity contribution in [2.75, 3.05) is 12.4 Å². The lowest BCUT2D eigenvalue weighted by atomic mass is 9.86. The first-order valence-corrected chi connectivity index (χ1v) is 8.26. The second-order valence-electron chi connectivity index (χ2n) is 6.71. The fourth-order valence-electron chi connectivity index (χ4n) is 3.34. The SMILES string of the molecule is COC(=O)[C@H]1C[C@@H]1c1ccc(NC(=O)C2CCC(F)(F)CC2)cc1. The van der Waals surface area contributed by atoms with Crippen LogP contribution >= 0.6 is 0 Å². The molecule has 2 atom stereocenters. The first-order valence-electron chi connectivity index (χ1n) is 8.26. The summed E-state index contributed by atoms with van der Waals surface area (Å²) >= 11 is 0. The highest BCUT2D eigenvalue weighted by Crippen LogP contribution is 2.48. The number of hydrogen-bond donors (Lipinski definition) is 1. The van der Waals surface area contributed by atoms with Gasteiger partial charge >= 0.3 is 5.97 Å². The van der Waals surface area contributed by atoms with Gasteiger partial charge in [-0.2, -0.15) is 0 Å². The lowest BCUT2D eigenvalue weighted by molar-refractivity contribution is -0.142. The van der Waals surface area contributed by atoms with E-state index < -0.39 is 5.92 Å². The Kier molecular flexibility index (Phi) is 4.56. The summed E-state index contributed by atoms with van der Waals surface area (Å²) in [4.78, 5) is 23.6. The van der Waals surface area contributed by atoms with Crippen LogP contribution in [-0.2, 0) is 14.3 Å². The molecule has 6 heteroatoms. The zero-order valence-electron chi connectivity index (χ0n) is 13.6. The van der Waals surface area contributed by atoms with Crippen molar-refractivity contribution in [2.45, 2.75) is 43.9 Å². The van der Waals surface area contributed by atoms with E-state index in [1.54, 1.807) is 12.1 Å². The van der Waals surface area contributed by atoms with Crippen molar-refractivity contribution >= 4 is 17.6 Å². The molecule has 130 valence electrons. The van der Waals surface area contributed by atoms with E-state index in [-0.39, 0.29) is 55.3 Å². The number of carbonyl (C=O) groups is 2. The van der Waals surface area contributed by atoms with Crippen molar-refractivity contribution in [1.82, 2.24) is 0 Å². The van der Waals surface area contributed by atoms with Crippen molar-refractivity contribution in [3.05, 3.63) is 29.8 Å². The van der Waals surface area contributed by atoms with E-state index in [4.69, 9.17) is 4.74 Å². The van der Waals surface area contributed by atoms with Gasteiger partial charge < -0.3 is 10.1 Å². The number of anilines is 1. The van der Waals surface area contributed by atoms with Gasteiger partial charge in [-0.05, 0) is 42.9 Å². The van der Waals surface area contributed by atoms with Gasteiger partial charge in [0, 0.05) is 24.4 Å². The normalized spacial score (nSPS) is 25.8. The predicted molar refractivity (Wildman–Crippen MR) is 84.8 cm³/mol. The number of halogens is 2. The van der Waals surface area contributed by atoms with Crippen molar-refractivity contribution in [2.24, 2.45) is 11.8 Å². The zero-order valence-corrected chi connectivity index (χ0v) is 13.6. The molecule has 0 bridgehead atoms. The van der Waals surface area contributed by atoms with Crippen LogP contribution in [-0.4, -0.2) is 24.9 Å². The molecule has 2 aliphatic rings. The molecule has 1 amide bonds. The van der Waals surface area contributed by atoms with Crippen LogP contribution in [0.1, 0.15) is 43.6 Å². The molecule has 4 nitrogen and oxygen atoms in total. The number of rotatable bonds is 4. The minimum Gasteiger partial charge on any atom is -0.469 e. The van der Waals surface area contributed by atoms with Gasteiger partial charge in [-0.3, -0.25) is 9.59 Å². The van der Waals surface area contributed by atoms with Crippen molar-refractivity contribution in [3.8, 4) is 0 Å². The Morgan fingerprint density at radius 1 is 1.17 bits per heavy atom. The Bertz CT molecular complexity index is 620. The zero-order chi connectivity index (χ0) is 17.3. The molecule has 0 unspecified atom stereocenters. The summed E-state index contributed by atoms with van der Waals surface area (Å²) in [6.07, 6.45) is 0.787. The van der Waals surface area contributed by atoms with Gasteiger partial charge in [-0.15, -0.1) is 0 Å². The lowest BCUT2D eigenvalue weighted by Crippen LogP contribution is -2.31. The molecule has 24 heavy (non-hydrogen) atoms. The summed E-state index contributed by atoms with van der Waals surface area (Å²) in [5, 5.41) is 2.80. The third-order valence-corrected chi connectivity index (χ3v) is 4.99. The van der Waals surface area contributed by atoms with Crippen molar-refractivity contribution < 1.29 is 23.1 Å². The Morgan fingerprint density at radius 2 is 1.79 bits per heavy atom. The third-order valence-electron chi connectivity index (χ3n) is 4.99. The summed E-state index contributed by atoms with van der Waals surface area (Å²) < 4.78 is 31.0. The minimum atomic E-state index is -2.63. The summed E-state index contributed by atoms with van der Waals surface area (Å²) in [6, 6.07) is 7.35. The molecule has 1 N–H and O–H groups in total. The molecule has 0 radical (unpaired) electrons. The predicted octanol–water partition coefficient (Wildman–Crippen LogP) is 3.73. The highest BCUT2D eigenvalue weighted by atomic mass is 19.3. The first-order chi connectivity index (χ1) is 11.4. The van der Waals surface area contributed by atoms with Crippen LogP contribution in [0.4, 0.5) is 14.5 Å². The van der Waals surface area contributed by atoms with E-state index >= 15 is 0 Å². The van der Waals surface area contributed by atoms with E-state index in [1.165, 1.54) is 7.11 Å². The Labute approximate surface area is 139 Å². The number of nitrogens with one attached hydrogen (secondary N) is 1. The summed E-state index contributed by atoms with van der Waals surface area (Å²) in [6.45, 7) is 0. The van der Waals surface area contributed by atoms with Crippen LogP contribution in [0.25, 0.3) is 0 Å². The highest BCUT2D eigenvalue weighted by molar-refractivity contribution is 5.92. The fourth-order valence-corrected chi connectivity index (χ4v) is 3.34. The van der Waals surface area contributed by atoms with E-state index in [1.807, 2.05) is 12.1 Å². The Morgan fingerprint density at radius 3 is 2.38 bits per heavy atom. The van der Waals surface area contributed by atoms with E-state index in [9.17, 15) is 18.4 Å². The van der Waals surface area contributed by atoms with Crippen molar-refractivity contribution in [1.29, 1.82) is 0 Å². The molecule has 0 heterocycles. The number of methoxy groups -OCH3 is 1. The van der Waals surface area contributed by atoms with Crippen LogP contribution in [0.5, 0.6) is 0 Å². The quantitative estimate of drug-likeness (QED) is 0.852. The first kappa shape index (κ1) is 16.9. The highest BCUT2D eigenvalue weighted by Gasteiger charge is 2.44. The fraction of sp³-hybridized carbons (Fsp3) is 0.556. The molecule has 0 spiro atoms. The lowest BCUT2D eigenvalue weighted by Gasteiger charge is -2.27. The number of carbonyl (C=O) groups excluding carboxylic acids is 2. The Balaban J connectivity index is 1.53. The van der Waals surface area contributed by atoms with E-state index in [2.05, 4.69) is 5.32 Å². The van der Waals surface area contributed by atoms with E-state index in [0.29, 0.717) is 5.69 Å². The second-order valence-corrected chi connectivity index (χ2v) is 6.71. The van der Waals surface area contributed by atoms with Gasteiger partial charge in [0.1, 0.15) is 0 Å². The molecule has 2 aliphatic carbocycles. The largest absolute Gasteiger partial charge is 0.469 e. The van der Waals surface area contributed by atoms with Gasteiger partial charge in [0.25, 0.3) is 0 Å². The van der Waals surface area contributed by atoms with Gasteiger partial charge in [0.2, 0.25) is 11.8 Å². The van der Waals surface area contributed by atoms with Crippen LogP contribution in [0.3, 0.4) is 0 Å². The second kappa shape index (κ2) is 6.49. The number of amides is 1. The van der Waals surface area contributed by atoms with Crippen LogP contribution in [0.15, 0.2) is 24.3 Å². The van der Waals surface area contributed by atoms with Gasteiger partial charge in [0.15, 0.2) is 0 Å². The number of benzene rings is 1. The maximum atomic E-state index is 13.1. The van der Waals surface area contributed by atoms with Crippen LogP contribution in [0, 0.1) is 11.8 Å². The minimum absolute atomic E-state index is 0.0700. The average molecular weight is 337 g/mol. The average Bonchev–Trinajstić information content (AvgIpc) is 3.35. The van der Waals surface area contributed by atoms with Crippen LogP contribution in [0.2, 0.25) is 0 Å². The maximum absolute atomic E-state index is 13.1. The number of ether oxygens (including phenoxy) is 1. The smallest absolute Gasteiger partial charge is 0.309 e. The molecule has 3 rings (SSSR count). The van der Waals surface area contributed by atoms with E-state index in [0.717, 1.165) is 12.0 Å². The molecule has 1 aromatic carbocycles. The molecule has 2 fully saturated rings. The number of hydrogen-bond acceptors (Lipinski definition) is 3. The summed E-state index contributed by atoms with van der Waals surface area (Å²) in [5.74, 6) is -3.25. The standard InChI is InChI=1S/C18H21F2NO3/c1-24-17(23)15-10-14(15)11-2-4-13(5-3-11)21-16(22)12-6-8-18(19,20)9-7-12/h2-5,12,14-15H,6-10H2,1H3,(H,21,22)/t14-,15+/m1/s1. The maximum Gasteiger partial charge on any atom is 0.309 e. The summed E-state index contributed by atoms with van der Waals surface area (Å²) in [7, 11) is 1.39. The van der Waals surface area contributed by atoms with Crippen LogP contribution < -0.4 is 5.32 Å². The number of alkyl halides is 2.